The molecule has 0 aliphatic carbocycles. The fourth-order valence-corrected chi connectivity index (χ4v) is 0.882. The Morgan fingerprint density at radius 3 is 3.00 bits per heavy atom. The van der Waals surface area contributed by atoms with Crippen LogP contribution in [0.25, 0.3) is 0 Å². The van der Waals surface area contributed by atoms with Crippen LogP contribution in [0.3, 0.4) is 0 Å². The second-order valence-electron chi connectivity index (χ2n) is 2.29. The minimum absolute atomic E-state index is 0.550. The van der Waals surface area contributed by atoms with Crippen molar-refractivity contribution in [1.82, 2.24) is 5.32 Å². The van der Waals surface area contributed by atoms with Crippen LogP contribution >= 0.6 is 0 Å². The highest BCUT2D eigenvalue weighted by Crippen LogP contribution is 1.98. The number of amidine groups is 1. The predicted molar refractivity (Wildman–Crippen MR) is 39.7 cm³/mol. The zero-order valence-electron chi connectivity index (χ0n) is 5.89. The van der Waals surface area contributed by atoms with Gasteiger partial charge in [0.05, 0.1) is 0 Å². The fraction of sp³-hybridized carbons (Fsp3) is 0.571. The number of nitrogens with zero attached hydrogens (tertiary/aromatic N) is 1. The zero-order valence-corrected chi connectivity index (χ0v) is 5.89. The molecular weight excluding hydrogens is 112 g/mol. The van der Waals surface area contributed by atoms with Gasteiger partial charge in [0.25, 0.3) is 0 Å². The molecule has 1 rings (SSSR count). The van der Waals surface area contributed by atoms with Crippen LogP contribution in [0.1, 0.15) is 13.3 Å². The maximum Gasteiger partial charge on any atom is 0.120 e. The summed E-state index contributed by atoms with van der Waals surface area (Å²) in [5, 5.41) is 3.23. The van der Waals surface area contributed by atoms with E-state index < -0.39 is 0 Å². The van der Waals surface area contributed by atoms with Crippen molar-refractivity contribution in [2.75, 3.05) is 7.05 Å². The molecule has 0 saturated heterocycles. The third-order valence-corrected chi connectivity index (χ3v) is 1.40. The van der Waals surface area contributed by atoms with Gasteiger partial charge < -0.3 is 5.32 Å². The first-order valence-electron chi connectivity index (χ1n) is 3.23. The van der Waals surface area contributed by atoms with Gasteiger partial charge in [-0.3, -0.25) is 4.99 Å². The summed E-state index contributed by atoms with van der Waals surface area (Å²) in [5.74, 6) is 0.994. The van der Waals surface area contributed by atoms with E-state index in [1.165, 1.54) is 0 Å². The Labute approximate surface area is 55.7 Å². The molecule has 0 fully saturated rings. The Morgan fingerprint density at radius 2 is 2.56 bits per heavy atom. The van der Waals surface area contributed by atoms with E-state index in [4.69, 9.17) is 0 Å². The first kappa shape index (κ1) is 6.33. The molecule has 1 aliphatic heterocycles. The molecule has 0 bridgehead atoms. The van der Waals surface area contributed by atoms with Gasteiger partial charge in [-0.1, -0.05) is 6.08 Å². The van der Waals surface area contributed by atoms with E-state index in [2.05, 4.69) is 23.3 Å². The quantitative estimate of drug-likeness (QED) is 0.511. The summed E-state index contributed by atoms with van der Waals surface area (Å²) >= 11 is 0. The molecule has 50 valence electrons. The minimum atomic E-state index is 0.550. The highest BCUT2D eigenvalue weighted by Gasteiger charge is 2.04. The van der Waals surface area contributed by atoms with E-state index >= 15 is 0 Å². The van der Waals surface area contributed by atoms with Crippen LogP contribution in [0, 0.1) is 0 Å². The van der Waals surface area contributed by atoms with E-state index in [1.807, 2.05) is 6.08 Å². The molecule has 1 atom stereocenters. The second-order valence-corrected chi connectivity index (χ2v) is 2.29. The highest BCUT2D eigenvalue weighted by atomic mass is 15.0. The number of aliphatic imine (C=N–C) groups is 1. The summed E-state index contributed by atoms with van der Waals surface area (Å²) in [6.07, 6.45) is 5.27. The van der Waals surface area contributed by atoms with Crippen LogP contribution in [0.2, 0.25) is 0 Å². The van der Waals surface area contributed by atoms with Gasteiger partial charge in [0.1, 0.15) is 5.84 Å². The molecule has 1 heterocycles. The fourth-order valence-electron chi connectivity index (χ4n) is 0.882. The lowest BCUT2D eigenvalue weighted by Gasteiger charge is -2.16. The van der Waals surface area contributed by atoms with E-state index in [1.54, 1.807) is 7.05 Å². The summed E-state index contributed by atoms with van der Waals surface area (Å²) in [6, 6.07) is 0.550. The predicted octanol–water partition coefficient (Wildman–Crippen LogP) is 0.953. The molecule has 0 unspecified atom stereocenters. The van der Waals surface area contributed by atoms with E-state index in [9.17, 15) is 0 Å². The van der Waals surface area contributed by atoms with Crippen LogP contribution in [0.4, 0.5) is 0 Å². The first-order chi connectivity index (χ1) is 4.33. The summed E-state index contributed by atoms with van der Waals surface area (Å²) in [4.78, 5) is 4.02. The number of hydrogen-bond acceptors (Lipinski definition) is 1. The van der Waals surface area contributed by atoms with Gasteiger partial charge in [0.2, 0.25) is 0 Å². The van der Waals surface area contributed by atoms with Gasteiger partial charge in [-0.05, 0) is 19.4 Å². The smallest absolute Gasteiger partial charge is 0.120 e. The van der Waals surface area contributed by atoms with Crippen LogP contribution in [0.5, 0.6) is 0 Å². The Morgan fingerprint density at radius 1 is 1.78 bits per heavy atom. The Bertz CT molecular complexity index is 147. The monoisotopic (exact) mass is 124 g/mol. The third kappa shape index (κ3) is 1.56. The molecule has 9 heavy (non-hydrogen) atoms. The van der Waals surface area contributed by atoms with Crippen molar-refractivity contribution < 1.29 is 0 Å². The van der Waals surface area contributed by atoms with Crippen LogP contribution in [0.15, 0.2) is 17.1 Å². The van der Waals surface area contributed by atoms with Crippen molar-refractivity contribution in [2.24, 2.45) is 4.99 Å². The van der Waals surface area contributed by atoms with Crippen LogP contribution in [-0.4, -0.2) is 18.9 Å². The van der Waals surface area contributed by atoms with Gasteiger partial charge in [0, 0.05) is 13.1 Å². The first-order valence-corrected chi connectivity index (χ1v) is 3.23. The van der Waals surface area contributed by atoms with E-state index in [0.29, 0.717) is 6.04 Å². The molecule has 0 amide bonds. The summed E-state index contributed by atoms with van der Waals surface area (Å²) in [6.45, 7) is 2.15. The van der Waals surface area contributed by atoms with Crippen molar-refractivity contribution in [3.63, 3.8) is 0 Å². The molecule has 2 heteroatoms. The normalized spacial score (nSPS) is 30.4. The van der Waals surface area contributed by atoms with Crippen molar-refractivity contribution in [3.8, 4) is 0 Å². The van der Waals surface area contributed by atoms with Gasteiger partial charge >= 0.3 is 0 Å². The SMILES string of the molecule is CN=C1C=CC[C@H](C)N1. The molecular formula is C7H12N2. The molecule has 0 radical (unpaired) electrons. The molecule has 0 aromatic rings. The van der Waals surface area contributed by atoms with Gasteiger partial charge in [-0.25, -0.2) is 0 Å². The summed E-state index contributed by atoms with van der Waals surface area (Å²) < 4.78 is 0. The van der Waals surface area contributed by atoms with E-state index in [-0.39, 0.29) is 0 Å². The maximum absolute atomic E-state index is 4.02. The highest BCUT2D eigenvalue weighted by molar-refractivity contribution is 5.93. The Hall–Kier alpha value is -0.790. The number of rotatable bonds is 0. The standard InChI is InChI=1S/C7H12N2/c1-6-4-3-5-7(8-2)9-6/h3,5-6H,4H2,1-2H3,(H,8,9)/t6-/m0/s1. The van der Waals surface area contributed by atoms with Crippen molar-refractivity contribution in [3.05, 3.63) is 12.2 Å². The summed E-state index contributed by atoms with van der Waals surface area (Å²) in [7, 11) is 1.80. The molecule has 1 aliphatic rings. The molecule has 2 nitrogen and oxygen atoms in total. The Balaban J connectivity index is 2.60. The average molecular weight is 124 g/mol. The lowest BCUT2D eigenvalue weighted by atomic mass is 10.1. The molecule has 1 N–H and O–H groups in total. The number of hydrogen-bond donors (Lipinski definition) is 1. The zero-order chi connectivity index (χ0) is 6.69. The summed E-state index contributed by atoms with van der Waals surface area (Å²) in [5.41, 5.74) is 0. The second kappa shape index (κ2) is 2.67. The minimum Gasteiger partial charge on any atom is -0.368 e. The van der Waals surface area contributed by atoms with Crippen molar-refractivity contribution >= 4 is 5.84 Å². The largest absolute Gasteiger partial charge is 0.368 e. The molecule has 0 saturated carbocycles. The van der Waals surface area contributed by atoms with Crippen molar-refractivity contribution in [1.29, 1.82) is 0 Å². The van der Waals surface area contributed by atoms with E-state index in [0.717, 1.165) is 12.3 Å². The molecule has 0 aromatic heterocycles. The number of nitrogens with one attached hydrogen (secondary N) is 1. The van der Waals surface area contributed by atoms with Crippen molar-refractivity contribution in [2.45, 2.75) is 19.4 Å². The third-order valence-electron chi connectivity index (χ3n) is 1.40. The Kier molecular flexibility index (Phi) is 1.88. The van der Waals surface area contributed by atoms with Crippen LogP contribution in [-0.2, 0) is 0 Å². The van der Waals surface area contributed by atoms with Gasteiger partial charge in [-0.2, -0.15) is 0 Å². The topological polar surface area (TPSA) is 24.4 Å². The lowest BCUT2D eigenvalue weighted by Crippen LogP contribution is -2.33. The van der Waals surface area contributed by atoms with Gasteiger partial charge in [0.15, 0.2) is 0 Å². The molecule has 0 aromatic carbocycles. The van der Waals surface area contributed by atoms with Gasteiger partial charge in [-0.15, -0.1) is 0 Å². The maximum atomic E-state index is 4.02. The average Bonchev–Trinajstić information content (AvgIpc) is 1.88. The lowest BCUT2D eigenvalue weighted by molar-refractivity contribution is 0.664. The van der Waals surface area contributed by atoms with Crippen LogP contribution < -0.4 is 5.32 Å². The molecule has 0 spiro atoms.